The second kappa shape index (κ2) is 6.41. The highest BCUT2D eigenvalue weighted by Gasteiger charge is 2.28. The number of urea groups is 1. The van der Waals surface area contributed by atoms with Gasteiger partial charge >= 0.3 is 6.03 Å². The molecule has 7 nitrogen and oxygen atoms in total. The summed E-state index contributed by atoms with van der Waals surface area (Å²) in [5.74, 6) is 1.19. The summed E-state index contributed by atoms with van der Waals surface area (Å²) in [5, 5.41) is 11.6. The van der Waals surface area contributed by atoms with Gasteiger partial charge in [0.05, 0.1) is 12.2 Å². The molecule has 3 rings (SSSR count). The van der Waals surface area contributed by atoms with Crippen molar-refractivity contribution in [3.8, 4) is 5.69 Å². The molecule has 0 unspecified atom stereocenters. The Morgan fingerprint density at radius 1 is 1.22 bits per heavy atom. The molecule has 1 fully saturated rings. The number of aryl methyl sites for hydroxylation is 2. The van der Waals surface area contributed by atoms with Gasteiger partial charge in [-0.1, -0.05) is 30.0 Å². The molecule has 1 aliphatic rings. The minimum absolute atomic E-state index is 0.0853. The summed E-state index contributed by atoms with van der Waals surface area (Å²) in [6.07, 6.45) is 0. The van der Waals surface area contributed by atoms with Gasteiger partial charge in [-0.25, -0.2) is 4.79 Å². The molecule has 23 heavy (non-hydrogen) atoms. The Kier molecular flexibility index (Phi) is 4.33. The Hall–Kier alpha value is -2.35. The number of nitrogens with zero attached hydrogens (tertiary/aromatic N) is 4. The molecule has 0 bridgehead atoms. The van der Waals surface area contributed by atoms with E-state index in [4.69, 9.17) is 0 Å². The highest BCUT2D eigenvalue weighted by atomic mass is 32.2. The molecule has 0 atom stereocenters. The fourth-order valence-electron chi connectivity index (χ4n) is 2.44. The number of amides is 3. The van der Waals surface area contributed by atoms with E-state index in [-0.39, 0.29) is 18.5 Å². The molecule has 0 radical (unpaired) electrons. The minimum atomic E-state index is -0.327. The van der Waals surface area contributed by atoms with E-state index < -0.39 is 0 Å². The van der Waals surface area contributed by atoms with Gasteiger partial charge in [0.15, 0.2) is 5.16 Å². The summed E-state index contributed by atoms with van der Waals surface area (Å²) in [4.78, 5) is 24.3. The van der Waals surface area contributed by atoms with Crippen LogP contribution in [0.1, 0.15) is 11.4 Å². The minimum Gasteiger partial charge on any atom is -0.329 e. The smallest absolute Gasteiger partial charge is 0.324 e. The van der Waals surface area contributed by atoms with Gasteiger partial charge in [-0.05, 0) is 25.5 Å². The zero-order chi connectivity index (χ0) is 16.4. The fourth-order valence-corrected chi connectivity index (χ4v) is 3.35. The number of para-hydroxylation sites is 1. The Bertz CT molecular complexity index is 742. The van der Waals surface area contributed by atoms with E-state index >= 15 is 0 Å². The van der Waals surface area contributed by atoms with E-state index in [1.54, 1.807) is 0 Å². The molecule has 1 saturated heterocycles. The van der Waals surface area contributed by atoms with Crippen LogP contribution >= 0.6 is 11.8 Å². The molecule has 1 aliphatic heterocycles. The first-order chi connectivity index (χ1) is 11.1. The third-order valence-electron chi connectivity index (χ3n) is 3.63. The van der Waals surface area contributed by atoms with Crippen molar-refractivity contribution in [3.05, 3.63) is 35.7 Å². The normalized spacial score (nSPS) is 14.4. The summed E-state index contributed by atoms with van der Waals surface area (Å²) in [6, 6.07) is 7.70. The van der Waals surface area contributed by atoms with Crippen molar-refractivity contribution < 1.29 is 9.59 Å². The maximum absolute atomic E-state index is 11.6. The second-order valence-electron chi connectivity index (χ2n) is 5.20. The van der Waals surface area contributed by atoms with Crippen LogP contribution in [0.3, 0.4) is 0 Å². The number of aromatic nitrogens is 3. The largest absolute Gasteiger partial charge is 0.329 e. The third-order valence-corrected chi connectivity index (χ3v) is 4.54. The van der Waals surface area contributed by atoms with E-state index in [0.29, 0.717) is 12.3 Å². The number of carbonyl (C=O) groups is 2. The average molecular weight is 331 g/mol. The second-order valence-corrected chi connectivity index (χ2v) is 6.27. The summed E-state index contributed by atoms with van der Waals surface area (Å²) >= 11 is 1.48. The SMILES string of the molecule is Cc1ccccc1-n1c(C)nnc1SCCN1C(=O)CNC1=O. The van der Waals surface area contributed by atoms with Crippen molar-refractivity contribution in [3.63, 3.8) is 0 Å². The number of nitrogens with one attached hydrogen (secondary N) is 1. The lowest BCUT2D eigenvalue weighted by Crippen LogP contribution is -2.32. The number of imide groups is 1. The summed E-state index contributed by atoms with van der Waals surface area (Å²) in [5.41, 5.74) is 2.17. The Labute approximate surface area is 138 Å². The van der Waals surface area contributed by atoms with E-state index in [2.05, 4.69) is 15.5 Å². The number of carbonyl (C=O) groups excluding carboxylic acids is 2. The van der Waals surface area contributed by atoms with Crippen LogP contribution in [-0.2, 0) is 4.79 Å². The summed E-state index contributed by atoms with van der Waals surface area (Å²) in [7, 11) is 0. The van der Waals surface area contributed by atoms with Gasteiger partial charge in [0.25, 0.3) is 0 Å². The van der Waals surface area contributed by atoms with E-state index in [1.807, 2.05) is 42.7 Å². The molecule has 0 spiro atoms. The average Bonchev–Trinajstić information content (AvgIpc) is 3.05. The van der Waals surface area contributed by atoms with Crippen LogP contribution in [0.2, 0.25) is 0 Å². The third kappa shape index (κ3) is 3.07. The number of rotatable bonds is 5. The molecule has 1 aromatic carbocycles. The predicted octanol–water partition coefficient (Wildman–Crippen LogP) is 1.53. The van der Waals surface area contributed by atoms with E-state index in [1.165, 1.54) is 16.7 Å². The lowest BCUT2D eigenvalue weighted by Gasteiger charge is -2.13. The number of hydrogen-bond acceptors (Lipinski definition) is 5. The quantitative estimate of drug-likeness (QED) is 0.664. The van der Waals surface area contributed by atoms with Crippen molar-refractivity contribution >= 4 is 23.7 Å². The lowest BCUT2D eigenvalue weighted by molar-refractivity contribution is -0.124. The van der Waals surface area contributed by atoms with Gasteiger partial charge in [-0.15, -0.1) is 10.2 Å². The van der Waals surface area contributed by atoms with E-state index in [9.17, 15) is 9.59 Å². The highest BCUT2D eigenvalue weighted by Crippen LogP contribution is 2.24. The van der Waals surface area contributed by atoms with Crippen molar-refractivity contribution in [2.24, 2.45) is 0 Å². The molecule has 1 N–H and O–H groups in total. The topological polar surface area (TPSA) is 80.1 Å². The molecular formula is C15H17N5O2S. The molecular weight excluding hydrogens is 314 g/mol. The molecule has 3 amide bonds. The van der Waals surface area contributed by atoms with Crippen LogP contribution in [0.5, 0.6) is 0 Å². The van der Waals surface area contributed by atoms with Gasteiger partial charge in [0, 0.05) is 12.3 Å². The Morgan fingerprint density at radius 3 is 2.70 bits per heavy atom. The number of benzene rings is 1. The van der Waals surface area contributed by atoms with Crippen molar-refractivity contribution in [2.45, 2.75) is 19.0 Å². The maximum atomic E-state index is 11.6. The molecule has 2 heterocycles. The molecule has 2 aromatic rings. The molecule has 1 aromatic heterocycles. The number of hydrogen-bond donors (Lipinski definition) is 1. The van der Waals surface area contributed by atoms with Gasteiger partial charge in [-0.2, -0.15) is 0 Å². The van der Waals surface area contributed by atoms with E-state index in [0.717, 1.165) is 22.2 Å². The van der Waals surface area contributed by atoms with Gasteiger partial charge in [0.1, 0.15) is 5.82 Å². The Morgan fingerprint density at radius 2 is 2.00 bits per heavy atom. The molecule has 0 aliphatic carbocycles. The first-order valence-electron chi connectivity index (χ1n) is 7.27. The first kappa shape index (κ1) is 15.5. The Balaban J connectivity index is 1.74. The monoisotopic (exact) mass is 331 g/mol. The van der Waals surface area contributed by atoms with Crippen LogP contribution < -0.4 is 5.32 Å². The predicted molar refractivity (Wildman–Crippen MR) is 86.7 cm³/mol. The van der Waals surface area contributed by atoms with Gasteiger partial charge < -0.3 is 5.32 Å². The fraction of sp³-hybridized carbons (Fsp3) is 0.333. The summed E-state index contributed by atoms with van der Waals surface area (Å²) in [6.45, 7) is 4.38. The van der Waals surface area contributed by atoms with Crippen LogP contribution in [0, 0.1) is 13.8 Å². The van der Waals surface area contributed by atoms with Crippen molar-refractivity contribution in [2.75, 3.05) is 18.8 Å². The lowest BCUT2D eigenvalue weighted by atomic mass is 10.2. The van der Waals surface area contributed by atoms with Crippen LogP contribution in [0.25, 0.3) is 5.69 Å². The van der Waals surface area contributed by atoms with Gasteiger partial charge in [-0.3, -0.25) is 14.3 Å². The highest BCUT2D eigenvalue weighted by molar-refractivity contribution is 7.99. The van der Waals surface area contributed by atoms with Crippen LogP contribution in [-0.4, -0.2) is 50.4 Å². The van der Waals surface area contributed by atoms with Crippen molar-refractivity contribution in [1.82, 2.24) is 25.0 Å². The van der Waals surface area contributed by atoms with Gasteiger partial charge in [0.2, 0.25) is 5.91 Å². The standard InChI is InChI=1S/C15H17N5O2S/c1-10-5-3-4-6-12(10)20-11(2)17-18-15(20)23-8-7-19-13(21)9-16-14(19)22/h3-6H,7-9H2,1-2H3,(H,16,22). The molecule has 120 valence electrons. The number of thioether (sulfide) groups is 1. The summed E-state index contributed by atoms with van der Waals surface area (Å²) < 4.78 is 1.99. The van der Waals surface area contributed by atoms with Crippen LogP contribution in [0.15, 0.2) is 29.4 Å². The zero-order valence-corrected chi connectivity index (χ0v) is 13.8. The van der Waals surface area contributed by atoms with Crippen molar-refractivity contribution in [1.29, 1.82) is 0 Å². The zero-order valence-electron chi connectivity index (χ0n) is 12.9. The first-order valence-corrected chi connectivity index (χ1v) is 8.25. The molecule has 0 saturated carbocycles. The van der Waals surface area contributed by atoms with Crippen LogP contribution in [0.4, 0.5) is 4.79 Å². The molecule has 8 heteroatoms. The maximum Gasteiger partial charge on any atom is 0.324 e.